The van der Waals surface area contributed by atoms with Gasteiger partial charge in [-0.3, -0.25) is 9.69 Å². The molecular formula is C23H22FN3O4. The van der Waals surface area contributed by atoms with Crippen LogP contribution in [0.1, 0.15) is 29.7 Å². The molecule has 2 aliphatic rings. The maximum Gasteiger partial charge on any atom is 0.338 e. The first kappa shape index (κ1) is 20.6. The highest BCUT2D eigenvalue weighted by atomic mass is 19.1. The SMILES string of the molecule is CCc1ccc([C@H]2NC(=O)N(CC(=O)Nc3cc(F)ccc3C)C3=C2C(=O)OC3)cc1. The van der Waals surface area contributed by atoms with E-state index >= 15 is 0 Å². The van der Waals surface area contributed by atoms with Crippen LogP contribution in [0.4, 0.5) is 14.9 Å². The van der Waals surface area contributed by atoms with Gasteiger partial charge in [0.25, 0.3) is 0 Å². The number of amides is 3. The lowest BCUT2D eigenvalue weighted by Gasteiger charge is -2.32. The van der Waals surface area contributed by atoms with Crippen LogP contribution >= 0.6 is 0 Å². The van der Waals surface area contributed by atoms with E-state index in [0.29, 0.717) is 22.5 Å². The predicted octanol–water partition coefficient (Wildman–Crippen LogP) is 3.21. The average Bonchev–Trinajstić information content (AvgIpc) is 3.14. The molecule has 0 saturated carbocycles. The molecule has 0 saturated heterocycles. The molecule has 0 bridgehead atoms. The second kappa shape index (κ2) is 8.22. The molecule has 0 aromatic heterocycles. The molecule has 2 aromatic carbocycles. The van der Waals surface area contributed by atoms with E-state index in [-0.39, 0.29) is 13.2 Å². The van der Waals surface area contributed by atoms with Crippen molar-refractivity contribution in [1.29, 1.82) is 0 Å². The van der Waals surface area contributed by atoms with Gasteiger partial charge in [0.05, 0.1) is 17.3 Å². The van der Waals surface area contributed by atoms with Crippen LogP contribution in [0.15, 0.2) is 53.7 Å². The largest absolute Gasteiger partial charge is 0.456 e. The van der Waals surface area contributed by atoms with E-state index in [2.05, 4.69) is 10.6 Å². The zero-order chi connectivity index (χ0) is 22.1. The van der Waals surface area contributed by atoms with Gasteiger partial charge in [0.2, 0.25) is 5.91 Å². The van der Waals surface area contributed by atoms with Gasteiger partial charge in [-0.05, 0) is 42.2 Å². The number of nitrogens with one attached hydrogen (secondary N) is 2. The second-order valence-electron chi connectivity index (χ2n) is 7.51. The number of halogens is 1. The molecule has 2 aromatic rings. The summed E-state index contributed by atoms with van der Waals surface area (Å²) in [5, 5.41) is 5.42. The summed E-state index contributed by atoms with van der Waals surface area (Å²) in [5.74, 6) is -1.51. The minimum atomic E-state index is -0.645. The predicted molar refractivity (Wildman–Crippen MR) is 112 cm³/mol. The summed E-state index contributed by atoms with van der Waals surface area (Å²) in [6, 6.07) is 10.6. The van der Waals surface area contributed by atoms with Gasteiger partial charge < -0.3 is 15.4 Å². The Kier molecular flexibility index (Phi) is 5.46. The van der Waals surface area contributed by atoms with Crippen molar-refractivity contribution >= 4 is 23.6 Å². The number of rotatable bonds is 5. The number of aryl methyl sites for hydroxylation is 2. The Bertz CT molecular complexity index is 1090. The number of hydrogen-bond donors (Lipinski definition) is 2. The summed E-state index contributed by atoms with van der Waals surface area (Å²) >= 11 is 0. The van der Waals surface area contributed by atoms with Crippen molar-refractivity contribution in [3.05, 3.63) is 76.2 Å². The zero-order valence-corrected chi connectivity index (χ0v) is 17.2. The van der Waals surface area contributed by atoms with E-state index < -0.39 is 29.8 Å². The number of hydrogen-bond acceptors (Lipinski definition) is 4. The first-order valence-corrected chi connectivity index (χ1v) is 10.0. The second-order valence-corrected chi connectivity index (χ2v) is 7.51. The van der Waals surface area contributed by atoms with E-state index in [0.717, 1.165) is 17.5 Å². The quantitative estimate of drug-likeness (QED) is 0.723. The number of esters is 1. The first-order chi connectivity index (χ1) is 14.9. The highest BCUT2D eigenvalue weighted by Crippen LogP contribution is 2.35. The molecule has 1 atom stereocenters. The fourth-order valence-corrected chi connectivity index (χ4v) is 3.74. The van der Waals surface area contributed by atoms with Gasteiger partial charge in [-0.25, -0.2) is 14.0 Å². The van der Waals surface area contributed by atoms with Crippen LogP contribution in [-0.4, -0.2) is 36.0 Å². The van der Waals surface area contributed by atoms with Gasteiger partial charge in [-0.15, -0.1) is 0 Å². The third-order valence-electron chi connectivity index (χ3n) is 5.49. The van der Waals surface area contributed by atoms with Crippen LogP contribution in [-0.2, 0) is 20.7 Å². The van der Waals surface area contributed by atoms with Crippen LogP contribution in [0.5, 0.6) is 0 Å². The van der Waals surface area contributed by atoms with Gasteiger partial charge in [-0.1, -0.05) is 37.3 Å². The summed E-state index contributed by atoms with van der Waals surface area (Å²) < 4.78 is 18.7. The first-order valence-electron chi connectivity index (χ1n) is 10.0. The molecule has 0 unspecified atom stereocenters. The molecule has 2 aliphatic heterocycles. The number of nitrogens with zero attached hydrogens (tertiary/aromatic N) is 1. The van der Waals surface area contributed by atoms with Crippen molar-refractivity contribution in [1.82, 2.24) is 10.2 Å². The van der Waals surface area contributed by atoms with Gasteiger partial charge in [0.15, 0.2) is 0 Å². The van der Waals surface area contributed by atoms with Crippen molar-refractivity contribution in [2.75, 3.05) is 18.5 Å². The average molecular weight is 423 g/mol. The summed E-state index contributed by atoms with van der Waals surface area (Å²) in [6.07, 6.45) is 0.876. The molecule has 31 heavy (non-hydrogen) atoms. The standard InChI is InChI=1S/C23H22FN3O4/c1-3-14-5-7-15(8-6-14)21-20-18(12-31-22(20)29)27(23(30)26-21)11-19(28)25-17-10-16(24)9-4-13(17)2/h4-10,21H,3,11-12H2,1-2H3,(H,25,28)(H,26,30)/t21-/m1/s1. The maximum atomic E-state index is 13.5. The number of ether oxygens (including phenoxy) is 1. The van der Waals surface area contributed by atoms with Crippen molar-refractivity contribution in [3.63, 3.8) is 0 Å². The van der Waals surface area contributed by atoms with Crippen molar-refractivity contribution in [2.45, 2.75) is 26.3 Å². The third-order valence-corrected chi connectivity index (χ3v) is 5.49. The number of cyclic esters (lactones) is 1. The van der Waals surface area contributed by atoms with E-state index in [9.17, 15) is 18.8 Å². The lowest BCUT2D eigenvalue weighted by molar-refractivity contribution is -0.136. The lowest BCUT2D eigenvalue weighted by atomic mass is 9.94. The third kappa shape index (κ3) is 4.01. The fraction of sp³-hybridized carbons (Fsp3) is 0.261. The summed E-state index contributed by atoms with van der Waals surface area (Å²) in [5.41, 5.74) is 3.59. The zero-order valence-electron chi connectivity index (χ0n) is 17.2. The molecule has 7 nitrogen and oxygen atoms in total. The molecule has 2 heterocycles. The Morgan fingerprint density at radius 3 is 2.68 bits per heavy atom. The number of anilines is 1. The highest BCUT2D eigenvalue weighted by molar-refractivity contribution is 6.00. The van der Waals surface area contributed by atoms with Gasteiger partial charge in [0, 0.05) is 5.69 Å². The Labute approximate surface area is 178 Å². The molecule has 4 rings (SSSR count). The van der Waals surface area contributed by atoms with Crippen LogP contribution in [0.25, 0.3) is 0 Å². The molecular weight excluding hydrogens is 401 g/mol. The summed E-state index contributed by atoms with van der Waals surface area (Å²) in [6.45, 7) is 3.36. The van der Waals surface area contributed by atoms with Crippen molar-refractivity contribution in [2.24, 2.45) is 0 Å². The molecule has 3 amide bonds. The van der Waals surface area contributed by atoms with Gasteiger partial charge in [0.1, 0.15) is 19.0 Å². The number of carbonyl (C=O) groups is 3. The van der Waals surface area contributed by atoms with Crippen LogP contribution < -0.4 is 10.6 Å². The van der Waals surface area contributed by atoms with Crippen molar-refractivity contribution < 1.29 is 23.5 Å². The summed E-state index contributed by atoms with van der Waals surface area (Å²) in [7, 11) is 0. The number of carbonyl (C=O) groups excluding carboxylic acids is 3. The fourth-order valence-electron chi connectivity index (χ4n) is 3.74. The highest BCUT2D eigenvalue weighted by Gasteiger charge is 2.42. The van der Waals surface area contributed by atoms with E-state index in [1.165, 1.54) is 17.0 Å². The van der Waals surface area contributed by atoms with Crippen LogP contribution in [0.3, 0.4) is 0 Å². The Balaban J connectivity index is 1.59. The topological polar surface area (TPSA) is 87.7 Å². The number of urea groups is 1. The lowest BCUT2D eigenvalue weighted by Crippen LogP contribution is -2.49. The number of benzene rings is 2. The normalized spacial score (nSPS) is 17.9. The minimum Gasteiger partial charge on any atom is -0.456 e. The molecule has 0 aliphatic carbocycles. The van der Waals surface area contributed by atoms with Crippen LogP contribution in [0, 0.1) is 12.7 Å². The molecule has 160 valence electrons. The van der Waals surface area contributed by atoms with Crippen LogP contribution in [0.2, 0.25) is 0 Å². The van der Waals surface area contributed by atoms with E-state index in [1.54, 1.807) is 13.0 Å². The van der Waals surface area contributed by atoms with Gasteiger partial charge in [-0.2, -0.15) is 0 Å². The van der Waals surface area contributed by atoms with Crippen molar-refractivity contribution in [3.8, 4) is 0 Å². The molecule has 0 fully saturated rings. The maximum absolute atomic E-state index is 13.5. The smallest absolute Gasteiger partial charge is 0.338 e. The minimum absolute atomic E-state index is 0.0859. The molecule has 0 radical (unpaired) electrons. The van der Waals surface area contributed by atoms with Gasteiger partial charge >= 0.3 is 12.0 Å². The van der Waals surface area contributed by atoms with E-state index in [4.69, 9.17) is 4.74 Å². The van der Waals surface area contributed by atoms with E-state index in [1.807, 2.05) is 31.2 Å². The Morgan fingerprint density at radius 1 is 1.23 bits per heavy atom. The molecule has 8 heteroatoms. The molecule has 2 N–H and O–H groups in total. The monoisotopic (exact) mass is 423 g/mol. The Hall–Kier alpha value is -3.68. The summed E-state index contributed by atoms with van der Waals surface area (Å²) in [4.78, 5) is 39.0. The molecule has 0 spiro atoms. The Morgan fingerprint density at radius 2 is 1.97 bits per heavy atom.